The Hall–Kier alpha value is -5.37. The second kappa shape index (κ2) is 15.0. The van der Waals surface area contributed by atoms with Gasteiger partial charge in [-0.2, -0.15) is 13.2 Å². The predicted octanol–water partition coefficient (Wildman–Crippen LogP) is 5.19. The van der Waals surface area contributed by atoms with E-state index in [1.54, 1.807) is 28.1 Å². The number of nitrogens with zero attached hydrogens (tertiary/aromatic N) is 3. The summed E-state index contributed by atoms with van der Waals surface area (Å²) in [6.45, 7) is 3.82. The molecule has 1 amide bonds. The Morgan fingerprint density at radius 3 is 2.27 bits per heavy atom. The first-order valence-electron chi connectivity index (χ1n) is 14.8. The van der Waals surface area contributed by atoms with Gasteiger partial charge in [0.15, 0.2) is 5.82 Å². The average Bonchev–Trinajstić information content (AvgIpc) is 3.64. The first-order valence-corrected chi connectivity index (χ1v) is 14.8. The van der Waals surface area contributed by atoms with Crippen LogP contribution in [0.4, 0.5) is 13.2 Å². The molecule has 2 heterocycles. The van der Waals surface area contributed by atoms with E-state index in [9.17, 15) is 18.0 Å². The number of rotatable bonds is 11. The number of carboxylic acid groups (broad SMARTS) is 1. The monoisotopic (exact) mass is 666 g/mol. The number of carbonyl (C=O) groups excluding carboxylic acids is 1. The van der Waals surface area contributed by atoms with E-state index in [2.05, 4.69) is 43.3 Å². The van der Waals surface area contributed by atoms with Gasteiger partial charge in [-0.15, -0.1) is 10.2 Å². The van der Waals surface area contributed by atoms with Crippen LogP contribution in [0.2, 0.25) is 0 Å². The number of carboxylic acids is 1. The third-order valence-corrected chi connectivity index (χ3v) is 7.43. The Morgan fingerprint density at radius 1 is 0.979 bits per heavy atom. The Balaban J connectivity index is 0.000000671. The molecule has 14 heteroatoms. The lowest BCUT2D eigenvalue weighted by Gasteiger charge is -2.25. The van der Waals surface area contributed by atoms with E-state index in [1.807, 2.05) is 60.8 Å². The predicted molar refractivity (Wildman–Crippen MR) is 173 cm³/mol. The number of halogens is 3. The number of H-pyrrole nitrogens is 1. The number of nitrogens with one attached hydrogen (secondary N) is 2. The molecule has 0 spiro atoms. The molecule has 3 aromatic carbocycles. The number of para-hydroxylation sites is 1. The molecule has 0 radical (unpaired) electrons. The highest BCUT2D eigenvalue weighted by molar-refractivity contribution is 5.86. The van der Waals surface area contributed by atoms with Crippen molar-refractivity contribution in [3.63, 3.8) is 0 Å². The van der Waals surface area contributed by atoms with Crippen molar-refractivity contribution in [3.8, 4) is 11.5 Å². The van der Waals surface area contributed by atoms with Crippen LogP contribution in [0.1, 0.15) is 48.2 Å². The molecule has 0 saturated carbocycles. The van der Waals surface area contributed by atoms with Crippen LogP contribution in [0, 0.1) is 0 Å². The summed E-state index contributed by atoms with van der Waals surface area (Å²) in [5.41, 5.74) is 9.26. The first-order chi connectivity index (χ1) is 22.7. The van der Waals surface area contributed by atoms with Gasteiger partial charge in [0, 0.05) is 41.6 Å². The maximum atomic E-state index is 13.2. The quantitative estimate of drug-likeness (QED) is 0.150. The van der Waals surface area contributed by atoms with Crippen LogP contribution in [-0.2, 0) is 29.0 Å². The third kappa shape index (κ3) is 8.91. The van der Waals surface area contributed by atoms with Crippen LogP contribution in [0.15, 0.2) is 79.0 Å². The zero-order chi connectivity index (χ0) is 35.1. The van der Waals surface area contributed by atoms with Crippen LogP contribution >= 0.6 is 0 Å². The number of aliphatic carboxylic acids is 1. The number of aromatic amines is 1. The lowest BCUT2D eigenvalue weighted by molar-refractivity contribution is -0.192. The number of nitrogens with two attached hydrogens (primary N) is 1. The van der Waals surface area contributed by atoms with Gasteiger partial charge in [0.25, 0.3) is 0 Å². The number of amides is 1. The normalized spacial score (nSPS) is 12.2. The van der Waals surface area contributed by atoms with Gasteiger partial charge in [0.1, 0.15) is 17.3 Å². The minimum atomic E-state index is -5.08. The van der Waals surface area contributed by atoms with Crippen LogP contribution in [0.3, 0.4) is 0 Å². The molecule has 11 nitrogen and oxygen atoms in total. The molecule has 2 aromatic heterocycles. The van der Waals surface area contributed by atoms with Crippen molar-refractivity contribution >= 4 is 22.8 Å². The average molecular weight is 667 g/mol. The SMILES string of the molecule is COc1ccc(Cn2c(Cc3ccccc3)nnc2[C@@H](Cc2c[nH]c3ccccc23)NC(=O)C(C)(C)N)c(OC)c1.O=C(O)C(F)(F)F. The van der Waals surface area contributed by atoms with Gasteiger partial charge in [-0.3, -0.25) is 4.79 Å². The van der Waals surface area contributed by atoms with E-state index in [-0.39, 0.29) is 5.91 Å². The van der Waals surface area contributed by atoms with Crippen LogP contribution < -0.4 is 20.5 Å². The van der Waals surface area contributed by atoms with Crippen molar-refractivity contribution in [2.75, 3.05) is 14.2 Å². The number of benzene rings is 3. The van der Waals surface area contributed by atoms with E-state index < -0.39 is 23.7 Å². The Labute approximate surface area is 274 Å². The Kier molecular flexibility index (Phi) is 11.1. The minimum Gasteiger partial charge on any atom is -0.497 e. The van der Waals surface area contributed by atoms with E-state index in [4.69, 9.17) is 25.1 Å². The summed E-state index contributed by atoms with van der Waals surface area (Å²) >= 11 is 0. The molecule has 0 unspecified atom stereocenters. The fourth-order valence-corrected chi connectivity index (χ4v) is 4.91. The Morgan fingerprint density at radius 2 is 1.65 bits per heavy atom. The number of fused-ring (bicyclic) bond motifs is 1. The molecule has 0 saturated heterocycles. The molecule has 0 fully saturated rings. The van der Waals surface area contributed by atoms with Crippen molar-refractivity contribution in [1.82, 2.24) is 25.1 Å². The second-order valence-electron chi connectivity index (χ2n) is 11.5. The number of alkyl halides is 3. The lowest BCUT2D eigenvalue weighted by atomic mass is 10.0. The highest BCUT2D eigenvalue weighted by Gasteiger charge is 2.38. The topological polar surface area (TPSA) is 157 Å². The number of hydrogen-bond donors (Lipinski definition) is 4. The molecule has 5 N–H and O–H groups in total. The van der Waals surface area contributed by atoms with Crippen molar-refractivity contribution in [1.29, 1.82) is 0 Å². The van der Waals surface area contributed by atoms with Gasteiger partial charge in [-0.25, -0.2) is 4.79 Å². The van der Waals surface area contributed by atoms with Crippen molar-refractivity contribution in [2.45, 2.75) is 51.0 Å². The van der Waals surface area contributed by atoms with Crippen molar-refractivity contribution in [3.05, 3.63) is 107 Å². The highest BCUT2D eigenvalue weighted by Crippen LogP contribution is 2.29. The van der Waals surface area contributed by atoms with Gasteiger partial charge in [0.2, 0.25) is 5.91 Å². The second-order valence-corrected chi connectivity index (χ2v) is 11.5. The van der Waals surface area contributed by atoms with E-state index in [0.717, 1.165) is 33.4 Å². The summed E-state index contributed by atoms with van der Waals surface area (Å²) in [7, 11) is 3.26. The van der Waals surface area contributed by atoms with Gasteiger partial charge in [0.05, 0.1) is 32.3 Å². The molecule has 5 aromatic rings. The summed E-state index contributed by atoms with van der Waals surface area (Å²) in [5, 5.41) is 20.7. The number of carbonyl (C=O) groups is 2. The fraction of sp³-hybridized carbons (Fsp3) is 0.294. The van der Waals surface area contributed by atoms with Gasteiger partial charge < -0.3 is 35.2 Å². The summed E-state index contributed by atoms with van der Waals surface area (Å²) in [6, 6.07) is 23.5. The zero-order valence-electron chi connectivity index (χ0n) is 26.8. The zero-order valence-corrected chi connectivity index (χ0v) is 26.8. The van der Waals surface area contributed by atoms with Crippen molar-refractivity contribution in [2.24, 2.45) is 5.73 Å². The summed E-state index contributed by atoms with van der Waals surface area (Å²) in [6.07, 6.45) is -2.03. The van der Waals surface area contributed by atoms with E-state index in [0.29, 0.717) is 36.7 Å². The largest absolute Gasteiger partial charge is 0.497 e. The van der Waals surface area contributed by atoms with Crippen molar-refractivity contribution < 1.29 is 37.3 Å². The molecular formula is C34H37F3N6O5. The van der Waals surface area contributed by atoms with Crippen LogP contribution in [-0.4, -0.2) is 62.7 Å². The number of ether oxygens (including phenoxy) is 2. The molecular weight excluding hydrogens is 629 g/mol. The molecule has 0 aliphatic rings. The molecule has 1 atom stereocenters. The maximum absolute atomic E-state index is 13.2. The third-order valence-electron chi connectivity index (χ3n) is 7.43. The molecule has 48 heavy (non-hydrogen) atoms. The summed E-state index contributed by atoms with van der Waals surface area (Å²) in [4.78, 5) is 25.5. The highest BCUT2D eigenvalue weighted by atomic mass is 19.4. The van der Waals surface area contributed by atoms with Gasteiger partial charge in [-0.1, -0.05) is 48.5 Å². The number of methoxy groups -OCH3 is 2. The van der Waals surface area contributed by atoms with Gasteiger partial charge in [-0.05, 0) is 43.2 Å². The summed E-state index contributed by atoms with van der Waals surface area (Å²) in [5.74, 6) is -0.231. The first kappa shape index (κ1) is 35.5. The lowest BCUT2D eigenvalue weighted by Crippen LogP contribution is -2.50. The van der Waals surface area contributed by atoms with E-state index in [1.165, 1.54) is 0 Å². The standard InChI is InChI=1S/C32H36N6O3.C2HF3O2/c1-32(2,33)31(39)35-27(17-23-19-34-26-13-9-8-12-25(23)26)30-37-36-29(16-21-10-6-5-7-11-21)38(30)20-22-14-15-24(40-3)18-28(22)41-4;3-2(4,5)1(6)7/h5-15,18-19,27,34H,16-17,20,33H2,1-4H3,(H,35,39);(H,6,7)/t27-;/m1./s1. The fourth-order valence-electron chi connectivity index (χ4n) is 4.91. The molecule has 254 valence electrons. The molecule has 0 aliphatic heterocycles. The van der Waals surface area contributed by atoms with Crippen LogP contribution in [0.5, 0.6) is 11.5 Å². The number of hydrogen-bond acceptors (Lipinski definition) is 7. The molecule has 0 aliphatic carbocycles. The van der Waals surface area contributed by atoms with Gasteiger partial charge >= 0.3 is 12.1 Å². The smallest absolute Gasteiger partial charge is 0.490 e. The Bertz CT molecular complexity index is 1850. The number of aromatic nitrogens is 4. The summed E-state index contributed by atoms with van der Waals surface area (Å²) < 4.78 is 44.9. The maximum Gasteiger partial charge on any atom is 0.490 e. The van der Waals surface area contributed by atoms with E-state index >= 15 is 0 Å². The molecule has 0 bridgehead atoms. The molecule has 5 rings (SSSR count). The van der Waals surface area contributed by atoms with Crippen LogP contribution in [0.25, 0.3) is 10.9 Å². The minimum absolute atomic E-state index is 0.275.